The standard InChI is InChI=1S/C21H34N2O2/c1-13-4-5-17-16(12-25)18(6-7-20(13,17)2)21(3)9-14-10-22-23-19(14)8-15(21)11-24/h10,13,15-18,24-25H,4-9,11-12H2,1-3H3,(H,22,23)/t13?,15-,16+,17+,18+,20-,21+/m1/s1. The van der Waals surface area contributed by atoms with Crippen molar-refractivity contribution in [3.05, 3.63) is 17.5 Å². The lowest BCUT2D eigenvalue weighted by atomic mass is 9.49. The van der Waals surface area contributed by atoms with Crippen molar-refractivity contribution in [3.8, 4) is 0 Å². The fourth-order valence-corrected chi connectivity index (χ4v) is 7.03. The van der Waals surface area contributed by atoms with Gasteiger partial charge in [0.15, 0.2) is 0 Å². The third kappa shape index (κ3) is 2.43. The molecule has 25 heavy (non-hydrogen) atoms. The first-order valence-electron chi connectivity index (χ1n) is 10.2. The van der Waals surface area contributed by atoms with Gasteiger partial charge in [0.05, 0.1) is 6.20 Å². The van der Waals surface area contributed by atoms with Crippen LogP contribution in [0.25, 0.3) is 0 Å². The minimum atomic E-state index is 0.0478. The highest BCUT2D eigenvalue weighted by atomic mass is 16.3. The van der Waals surface area contributed by atoms with E-state index in [1.54, 1.807) is 0 Å². The first kappa shape index (κ1) is 17.5. The van der Waals surface area contributed by atoms with Gasteiger partial charge >= 0.3 is 0 Å². The van der Waals surface area contributed by atoms with Crippen LogP contribution in [0.3, 0.4) is 0 Å². The summed E-state index contributed by atoms with van der Waals surface area (Å²) in [5.41, 5.74) is 2.96. The van der Waals surface area contributed by atoms with Crippen molar-refractivity contribution >= 4 is 0 Å². The third-order valence-electron chi connectivity index (χ3n) is 8.95. The van der Waals surface area contributed by atoms with E-state index in [4.69, 9.17) is 0 Å². The van der Waals surface area contributed by atoms with E-state index in [1.165, 1.54) is 36.9 Å². The van der Waals surface area contributed by atoms with Gasteiger partial charge in [-0.25, -0.2) is 0 Å². The Morgan fingerprint density at radius 1 is 1.12 bits per heavy atom. The Kier molecular flexibility index (Phi) is 4.27. The highest BCUT2D eigenvalue weighted by molar-refractivity contribution is 5.24. The number of H-pyrrole nitrogens is 1. The fraction of sp³-hybridized carbons (Fsp3) is 0.857. The van der Waals surface area contributed by atoms with Crippen molar-refractivity contribution in [2.45, 2.75) is 59.3 Å². The summed E-state index contributed by atoms with van der Waals surface area (Å²) < 4.78 is 0. The molecule has 4 heteroatoms. The minimum absolute atomic E-state index is 0.0478. The molecule has 1 heterocycles. The van der Waals surface area contributed by atoms with Crippen LogP contribution in [0.5, 0.6) is 0 Å². The summed E-state index contributed by atoms with van der Waals surface area (Å²) in [5.74, 6) is 2.51. The van der Waals surface area contributed by atoms with Gasteiger partial charge in [-0.15, -0.1) is 0 Å². The summed E-state index contributed by atoms with van der Waals surface area (Å²) in [7, 11) is 0. The number of aliphatic hydroxyl groups is 2. The number of aromatic amines is 1. The third-order valence-corrected chi connectivity index (χ3v) is 8.95. The summed E-state index contributed by atoms with van der Waals surface area (Å²) in [6, 6.07) is 0. The summed E-state index contributed by atoms with van der Waals surface area (Å²) in [5, 5.41) is 27.9. The second-order valence-corrected chi connectivity index (χ2v) is 9.72. The molecular formula is C21H34N2O2. The lowest BCUT2D eigenvalue weighted by Crippen LogP contribution is -2.52. The average molecular weight is 347 g/mol. The second kappa shape index (κ2) is 6.09. The van der Waals surface area contributed by atoms with Crippen molar-refractivity contribution in [2.75, 3.05) is 13.2 Å². The van der Waals surface area contributed by atoms with Crippen LogP contribution in [0.15, 0.2) is 6.20 Å². The molecule has 0 aliphatic heterocycles. The molecule has 1 unspecified atom stereocenters. The van der Waals surface area contributed by atoms with Crippen molar-refractivity contribution < 1.29 is 10.2 Å². The molecule has 4 rings (SSSR count). The van der Waals surface area contributed by atoms with E-state index in [2.05, 4.69) is 31.0 Å². The molecule has 0 spiro atoms. The van der Waals surface area contributed by atoms with Crippen LogP contribution in [-0.2, 0) is 12.8 Å². The molecule has 1 aromatic heterocycles. The van der Waals surface area contributed by atoms with Crippen LogP contribution in [0.4, 0.5) is 0 Å². The van der Waals surface area contributed by atoms with Crippen LogP contribution >= 0.6 is 0 Å². The number of nitrogens with zero attached hydrogens (tertiary/aromatic N) is 1. The van der Waals surface area contributed by atoms with Gasteiger partial charge in [0.1, 0.15) is 0 Å². The van der Waals surface area contributed by atoms with Gasteiger partial charge in [0.2, 0.25) is 0 Å². The zero-order valence-electron chi connectivity index (χ0n) is 16.0. The molecule has 2 saturated carbocycles. The molecule has 1 aromatic rings. The Morgan fingerprint density at radius 2 is 1.88 bits per heavy atom. The van der Waals surface area contributed by atoms with E-state index in [9.17, 15) is 10.2 Å². The molecule has 140 valence electrons. The van der Waals surface area contributed by atoms with Crippen molar-refractivity contribution in [3.63, 3.8) is 0 Å². The van der Waals surface area contributed by atoms with Crippen LogP contribution in [0.1, 0.15) is 57.7 Å². The maximum Gasteiger partial charge on any atom is 0.0522 e. The minimum Gasteiger partial charge on any atom is -0.396 e. The number of nitrogens with one attached hydrogen (secondary N) is 1. The molecule has 3 aliphatic carbocycles. The summed E-state index contributed by atoms with van der Waals surface area (Å²) in [6.07, 6.45) is 8.85. The second-order valence-electron chi connectivity index (χ2n) is 9.72. The van der Waals surface area contributed by atoms with Crippen LogP contribution in [0.2, 0.25) is 0 Å². The van der Waals surface area contributed by atoms with Gasteiger partial charge < -0.3 is 10.2 Å². The van der Waals surface area contributed by atoms with Crippen molar-refractivity contribution in [1.29, 1.82) is 0 Å². The topological polar surface area (TPSA) is 69.1 Å². The molecule has 0 radical (unpaired) electrons. The SMILES string of the molecule is CC1CC[C@H]2[C@H](CO)[C@@H]([C@@]3(C)Cc4cn[nH]c4C[C@@H]3CO)CC[C@]12C. The van der Waals surface area contributed by atoms with Crippen LogP contribution in [-0.4, -0.2) is 33.6 Å². The Morgan fingerprint density at radius 3 is 2.60 bits per heavy atom. The van der Waals surface area contributed by atoms with Gasteiger partial charge in [0.25, 0.3) is 0 Å². The van der Waals surface area contributed by atoms with Gasteiger partial charge in [-0.3, -0.25) is 5.10 Å². The predicted octanol–water partition coefficient (Wildman–Crippen LogP) is 3.19. The smallest absolute Gasteiger partial charge is 0.0522 e. The molecule has 2 fully saturated rings. The molecule has 4 nitrogen and oxygen atoms in total. The first-order chi connectivity index (χ1) is 11.9. The number of aliphatic hydroxyl groups excluding tert-OH is 2. The van der Waals surface area contributed by atoms with Gasteiger partial charge in [-0.05, 0) is 84.5 Å². The number of fused-ring (bicyclic) bond motifs is 2. The largest absolute Gasteiger partial charge is 0.396 e. The lowest BCUT2D eigenvalue weighted by molar-refractivity contribution is -0.0878. The summed E-state index contributed by atoms with van der Waals surface area (Å²) in [6.45, 7) is 7.77. The van der Waals surface area contributed by atoms with E-state index in [1.807, 2.05) is 6.20 Å². The Hall–Kier alpha value is -0.870. The Balaban J connectivity index is 1.68. The van der Waals surface area contributed by atoms with E-state index < -0.39 is 0 Å². The number of rotatable bonds is 3. The molecule has 0 amide bonds. The predicted molar refractivity (Wildman–Crippen MR) is 98.0 cm³/mol. The number of aromatic nitrogens is 2. The summed E-state index contributed by atoms with van der Waals surface area (Å²) >= 11 is 0. The monoisotopic (exact) mass is 346 g/mol. The quantitative estimate of drug-likeness (QED) is 0.787. The van der Waals surface area contributed by atoms with E-state index >= 15 is 0 Å². The van der Waals surface area contributed by atoms with Crippen LogP contribution in [0, 0.1) is 40.4 Å². The van der Waals surface area contributed by atoms with E-state index in [0.717, 1.165) is 18.8 Å². The molecule has 0 aromatic carbocycles. The number of hydrogen-bond donors (Lipinski definition) is 3. The normalized spacial score (nSPS) is 46.7. The van der Waals surface area contributed by atoms with E-state index in [0.29, 0.717) is 29.8 Å². The maximum absolute atomic E-state index is 10.4. The summed E-state index contributed by atoms with van der Waals surface area (Å²) in [4.78, 5) is 0. The molecule has 0 bridgehead atoms. The lowest BCUT2D eigenvalue weighted by Gasteiger charge is -2.56. The molecule has 3 aliphatic rings. The highest BCUT2D eigenvalue weighted by Gasteiger charge is 2.57. The van der Waals surface area contributed by atoms with Crippen molar-refractivity contribution in [1.82, 2.24) is 10.2 Å². The van der Waals surface area contributed by atoms with Gasteiger partial charge in [-0.2, -0.15) is 5.10 Å². The molecule has 7 atom stereocenters. The zero-order chi connectivity index (χ0) is 17.8. The fourth-order valence-electron chi connectivity index (χ4n) is 7.03. The molecule has 3 N–H and O–H groups in total. The van der Waals surface area contributed by atoms with Crippen LogP contribution < -0.4 is 0 Å². The Bertz CT molecular complexity index is 629. The van der Waals surface area contributed by atoms with E-state index in [-0.39, 0.29) is 17.9 Å². The van der Waals surface area contributed by atoms with Gasteiger partial charge in [0, 0.05) is 18.9 Å². The first-order valence-corrected chi connectivity index (χ1v) is 10.2. The zero-order valence-corrected chi connectivity index (χ0v) is 16.0. The highest BCUT2D eigenvalue weighted by Crippen LogP contribution is 2.63. The number of hydrogen-bond acceptors (Lipinski definition) is 3. The van der Waals surface area contributed by atoms with Gasteiger partial charge in [-0.1, -0.05) is 20.8 Å². The molecule has 0 saturated heterocycles. The molecular weight excluding hydrogens is 312 g/mol. The maximum atomic E-state index is 10.4. The Labute approximate surface area is 151 Å². The van der Waals surface area contributed by atoms with Crippen molar-refractivity contribution in [2.24, 2.45) is 40.4 Å². The average Bonchev–Trinajstić information content (AvgIpc) is 3.17.